The minimum atomic E-state index is -0.506. The summed E-state index contributed by atoms with van der Waals surface area (Å²) in [6.07, 6.45) is -1.01. The number of methoxy groups -OCH3 is 2. The van der Waals surface area contributed by atoms with Gasteiger partial charge in [0, 0.05) is 0 Å². The molecule has 4 aromatic carbocycles. The highest BCUT2D eigenvalue weighted by atomic mass is 19.1. The zero-order chi connectivity index (χ0) is 23.2. The van der Waals surface area contributed by atoms with Crippen LogP contribution in [0.15, 0.2) is 97.1 Å². The fourth-order valence-corrected chi connectivity index (χ4v) is 3.67. The third-order valence-corrected chi connectivity index (χ3v) is 5.45. The van der Waals surface area contributed by atoms with Crippen molar-refractivity contribution in [2.75, 3.05) is 14.2 Å². The molecule has 0 saturated heterocycles. The van der Waals surface area contributed by atoms with Crippen molar-refractivity contribution >= 4 is 0 Å². The van der Waals surface area contributed by atoms with Gasteiger partial charge in [-0.3, -0.25) is 0 Å². The van der Waals surface area contributed by atoms with Crippen LogP contribution in [0.3, 0.4) is 0 Å². The summed E-state index contributed by atoms with van der Waals surface area (Å²) in [5, 5.41) is 0. The lowest BCUT2D eigenvalue weighted by Gasteiger charge is -2.27. The molecule has 0 spiro atoms. The van der Waals surface area contributed by atoms with Gasteiger partial charge in [0.25, 0.3) is 0 Å². The van der Waals surface area contributed by atoms with Gasteiger partial charge < -0.3 is 14.2 Å². The number of benzene rings is 4. The molecule has 0 bridgehead atoms. The van der Waals surface area contributed by atoms with Crippen molar-refractivity contribution < 1.29 is 23.0 Å². The monoisotopic (exact) mass is 446 g/mol. The third kappa shape index (κ3) is 5.38. The van der Waals surface area contributed by atoms with Gasteiger partial charge in [-0.15, -0.1) is 0 Å². The van der Waals surface area contributed by atoms with E-state index in [1.165, 1.54) is 24.3 Å². The zero-order valence-corrected chi connectivity index (χ0v) is 18.4. The topological polar surface area (TPSA) is 27.7 Å². The lowest BCUT2D eigenvalue weighted by atomic mass is 9.97. The molecule has 0 heterocycles. The van der Waals surface area contributed by atoms with Crippen molar-refractivity contribution in [1.82, 2.24) is 0 Å². The first-order chi connectivity index (χ1) is 16.1. The van der Waals surface area contributed by atoms with Crippen LogP contribution in [0, 0.1) is 11.6 Å². The first-order valence-corrected chi connectivity index (χ1v) is 10.5. The SMILES string of the molecule is COc1ccc(C(OC(c2ccc(F)cc2)c2ccc(OC)cc2)c2ccc(F)cc2)cc1. The summed E-state index contributed by atoms with van der Waals surface area (Å²) in [7, 11) is 3.22. The number of halogens is 2. The summed E-state index contributed by atoms with van der Waals surface area (Å²) >= 11 is 0. The Hall–Kier alpha value is -3.70. The molecule has 168 valence electrons. The Morgan fingerprint density at radius 2 is 0.727 bits per heavy atom. The van der Waals surface area contributed by atoms with E-state index in [4.69, 9.17) is 14.2 Å². The van der Waals surface area contributed by atoms with Crippen LogP contribution in [0.2, 0.25) is 0 Å². The largest absolute Gasteiger partial charge is 0.497 e. The van der Waals surface area contributed by atoms with Crippen molar-refractivity contribution in [2.45, 2.75) is 12.2 Å². The molecule has 0 saturated carbocycles. The van der Waals surface area contributed by atoms with Gasteiger partial charge in [-0.25, -0.2) is 8.78 Å². The maximum absolute atomic E-state index is 13.6. The maximum atomic E-state index is 13.6. The van der Waals surface area contributed by atoms with E-state index < -0.39 is 12.2 Å². The molecule has 0 fully saturated rings. The maximum Gasteiger partial charge on any atom is 0.123 e. The molecule has 4 rings (SSSR count). The van der Waals surface area contributed by atoms with E-state index in [1.54, 1.807) is 38.5 Å². The van der Waals surface area contributed by atoms with Crippen LogP contribution in [0.1, 0.15) is 34.5 Å². The predicted molar refractivity (Wildman–Crippen MR) is 124 cm³/mol. The molecule has 0 amide bonds. The first-order valence-electron chi connectivity index (χ1n) is 10.5. The fraction of sp³-hybridized carbons (Fsp3) is 0.143. The molecular formula is C28H24F2O3. The second-order valence-electron chi connectivity index (χ2n) is 7.55. The van der Waals surface area contributed by atoms with E-state index in [0.717, 1.165) is 33.8 Å². The van der Waals surface area contributed by atoms with Crippen LogP contribution in [0.25, 0.3) is 0 Å². The van der Waals surface area contributed by atoms with Gasteiger partial charge in [-0.1, -0.05) is 48.5 Å². The van der Waals surface area contributed by atoms with Gasteiger partial charge in [0.05, 0.1) is 14.2 Å². The van der Waals surface area contributed by atoms with Crippen molar-refractivity contribution in [3.05, 3.63) is 131 Å². The summed E-state index contributed by atoms with van der Waals surface area (Å²) in [4.78, 5) is 0. The summed E-state index contributed by atoms with van der Waals surface area (Å²) < 4.78 is 44.6. The predicted octanol–water partition coefficient (Wildman–Crippen LogP) is 6.88. The van der Waals surface area contributed by atoms with E-state index in [1.807, 2.05) is 48.5 Å². The van der Waals surface area contributed by atoms with Crippen molar-refractivity contribution in [2.24, 2.45) is 0 Å². The second-order valence-corrected chi connectivity index (χ2v) is 7.55. The Kier molecular flexibility index (Phi) is 7.01. The van der Waals surface area contributed by atoms with E-state index in [9.17, 15) is 8.78 Å². The van der Waals surface area contributed by atoms with E-state index in [-0.39, 0.29) is 11.6 Å². The highest BCUT2D eigenvalue weighted by molar-refractivity contribution is 5.38. The minimum absolute atomic E-state index is 0.322. The Balaban J connectivity index is 1.78. The molecule has 0 radical (unpaired) electrons. The molecule has 33 heavy (non-hydrogen) atoms. The van der Waals surface area contributed by atoms with Crippen LogP contribution in [0.5, 0.6) is 11.5 Å². The van der Waals surface area contributed by atoms with Crippen LogP contribution in [0.4, 0.5) is 8.78 Å². The van der Waals surface area contributed by atoms with Gasteiger partial charge in [-0.05, 0) is 70.8 Å². The third-order valence-electron chi connectivity index (χ3n) is 5.45. The molecule has 0 N–H and O–H groups in total. The average molecular weight is 446 g/mol. The van der Waals surface area contributed by atoms with Gasteiger partial charge in [-0.2, -0.15) is 0 Å². The first kappa shape index (κ1) is 22.5. The van der Waals surface area contributed by atoms with Gasteiger partial charge in [0.1, 0.15) is 35.3 Å². The Labute approximate surface area is 192 Å². The Morgan fingerprint density at radius 3 is 1.00 bits per heavy atom. The number of ether oxygens (including phenoxy) is 3. The molecular weight excluding hydrogens is 422 g/mol. The number of hydrogen-bond donors (Lipinski definition) is 0. The average Bonchev–Trinajstić information content (AvgIpc) is 2.86. The smallest absolute Gasteiger partial charge is 0.123 e. The molecule has 0 aliphatic heterocycles. The van der Waals surface area contributed by atoms with Gasteiger partial charge >= 0.3 is 0 Å². The highest BCUT2D eigenvalue weighted by Gasteiger charge is 2.24. The second kappa shape index (κ2) is 10.3. The minimum Gasteiger partial charge on any atom is -0.497 e. The zero-order valence-electron chi connectivity index (χ0n) is 18.4. The molecule has 0 aliphatic carbocycles. The Morgan fingerprint density at radius 1 is 0.455 bits per heavy atom. The molecule has 2 unspecified atom stereocenters. The normalized spacial score (nSPS) is 12.7. The Bertz CT molecular complexity index is 1060. The van der Waals surface area contributed by atoms with Gasteiger partial charge in [0.15, 0.2) is 0 Å². The van der Waals surface area contributed by atoms with E-state index in [2.05, 4.69) is 0 Å². The van der Waals surface area contributed by atoms with Crippen LogP contribution >= 0.6 is 0 Å². The molecule has 5 heteroatoms. The van der Waals surface area contributed by atoms with Crippen LogP contribution < -0.4 is 9.47 Å². The summed E-state index contributed by atoms with van der Waals surface area (Å²) in [6, 6.07) is 27.6. The standard InChI is InChI=1S/C28H24F2O3/c1-31-25-15-7-21(8-16-25)27(19-3-11-23(29)12-4-19)33-28(20-5-13-24(30)14-6-20)22-9-17-26(32-2)18-10-22/h3-18,27-28H,1-2H3. The van der Waals surface area contributed by atoms with Crippen LogP contribution in [-0.2, 0) is 4.74 Å². The summed E-state index contributed by atoms with van der Waals surface area (Å²) in [5.41, 5.74) is 3.34. The van der Waals surface area contributed by atoms with Crippen molar-refractivity contribution in [3.8, 4) is 11.5 Å². The van der Waals surface area contributed by atoms with E-state index >= 15 is 0 Å². The van der Waals surface area contributed by atoms with Gasteiger partial charge in [0.2, 0.25) is 0 Å². The molecule has 4 aromatic rings. The quantitative estimate of drug-likeness (QED) is 0.295. The number of hydrogen-bond acceptors (Lipinski definition) is 3. The van der Waals surface area contributed by atoms with E-state index in [0.29, 0.717) is 0 Å². The van der Waals surface area contributed by atoms with Crippen molar-refractivity contribution in [3.63, 3.8) is 0 Å². The number of rotatable bonds is 8. The molecule has 3 nitrogen and oxygen atoms in total. The molecule has 2 atom stereocenters. The molecule has 0 aromatic heterocycles. The summed E-state index contributed by atoms with van der Waals surface area (Å²) in [5.74, 6) is 0.804. The lowest BCUT2D eigenvalue weighted by Crippen LogP contribution is -2.13. The highest BCUT2D eigenvalue weighted by Crippen LogP contribution is 2.37. The fourth-order valence-electron chi connectivity index (χ4n) is 3.67. The summed E-state index contributed by atoms with van der Waals surface area (Å²) in [6.45, 7) is 0. The molecule has 0 aliphatic rings. The van der Waals surface area contributed by atoms with Crippen LogP contribution in [-0.4, -0.2) is 14.2 Å². The lowest BCUT2D eigenvalue weighted by molar-refractivity contribution is 0.0307. The van der Waals surface area contributed by atoms with Crippen molar-refractivity contribution in [1.29, 1.82) is 0 Å².